The number of fused-ring (bicyclic) bond motifs is 1. The summed E-state index contributed by atoms with van der Waals surface area (Å²) >= 11 is 0. The zero-order valence-electron chi connectivity index (χ0n) is 17.3. The molecule has 6 heteroatoms. The highest BCUT2D eigenvalue weighted by Gasteiger charge is 2.44. The van der Waals surface area contributed by atoms with E-state index in [0.717, 1.165) is 22.5 Å². The molecule has 1 unspecified atom stereocenters. The lowest BCUT2D eigenvalue weighted by Crippen LogP contribution is -2.58. The molecule has 152 valence electrons. The Kier molecular flexibility index (Phi) is 5.23. The Balaban J connectivity index is 1.76. The lowest BCUT2D eigenvalue weighted by atomic mass is 10.0. The number of amides is 2. The Bertz CT molecular complexity index is 1110. The topological polar surface area (TPSA) is 62.5 Å². The van der Waals surface area contributed by atoms with Gasteiger partial charge in [-0.15, -0.1) is 0 Å². The van der Waals surface area contributed by atoms with E-state index < -0.39 is 6.04 Å². The van der Waals surface area contributed by atoms with Gasteiger partial charge in [-0.2, -0.15) is 4.57 Å². The maximum absolute atomic E-state index is 13.4. The number of carbonyl (C=O) groups is 2. The molecule has 0 saturated heterocycles. The zero-order valence-corrected chi connectivity index (χ0v) is 17.3. The Morgan fingerprint density at radius 3 is 2.57 bits per heavy atom. The number of nitrogens with one attached hydrogen (secondary N) is 1. The lowest BCUT2D eigenvalue weighted by Gasteiger charge is -2.33. The standard InChI is InChI=1S/C24H23N3O3/c1-16-7-12-20(17(2)14-16)27-22(28)15-26-13-5-4-6-21(26)23(27)24(29)25-18-8-10-19(30-3)11-9-18/h4-14,23H,15H2,1-3H3/p+1. The molecule has 0 aliphatic carbocycles. The molecule has 1 aliphatic rings. The van der Waals surface area contributed by atoms with E-state index in [9.17, 15) is 9.59 Å². The predicted molar refractivity (Wildman–Crippen MR) is 114 cm³/mol. The van der Waals surface area contributed by atoms with Crippen LogP contribution >= 0.6 is 0 Å². The largest absolute Gasteiger partial charge is 0.497 e. The van der Waals surface area contributed by atoms with Crippen molar-refractivity contribution >= 4 is 23.2 Å². The third-order valence-electron chi connectivity index (χ3n) is 5.31. The molecule has 2 amide bonds. The van der Waals surface area contributed by atoms with E-state index in [0.29, 0.717) is 11.4 Å². The third kappa shape index (κ3) is 3.64. The van der Waals surface area contributed by atoms with Crippen LogP contribution in [0.5, 0.6) is 5.75 Å². The van der Waals surface area contributed by atoms with E-state index in [2.05, 4.69) is 5.32 Å². The molecule has 4 rings (SSSR count). The van der Waals surface area contributed by atoms with Crippen LogP contribution in [-0.2, 0) is 16.1 Å². The lowest BCUT2D eigenvalue weighted by molar-refractivity contribution is -0.695. The van der Waals surface area contributed by atoms with Crippen LogP contribution in [0.4, 0.5) is 11.4 Å². The maximum Gasteiger partial charge on any atom is 0.294 e. The van der Waals surface area contributed by atoms with Crippen molar-refractivity contribution < 1.29 is 18.9 Å². The van der Waals surface area contributed by atoms with E-state index in [1.165, 1.54) is 0 Å². The first-order chi connectivity index (χ1) is 14.5. The highest BCUT2D eigenvalue weighted by Crippen LogP contribution is 2.32. The Labute approximate surface area is 175 Å². The molecule has 0 radical (unpaired) electrons. The van der Waals surface area contributed by atoms with Crippen LogP contribution in [-0.4, -0.2) is 18.9 Å². The molecule has 0 fully saturated rings. The number of nitrogens with zero attached hydrogens (tertiary/aromatic N) is 2. The summed E-state index contributed by atoms with van der Waals surface area (Å²) in [5.41, 5.74) is 4.21. The fraction of sp³-hybridized carbons (Fsp3) is 0.208. The van der Waals surface area contributed by atoms with Gasteiger partial charge in [-0.25, -0.2) is 0 Å². The number of methoxy groups -OCH3 is 1. The number of pyridine rings is 1. The molecule has 1 N–H and O–H groups in total. The van der Waals surface area contributed by atoms with Crippen LogP contribution in [0.3, 0.4) is 0 Å². The van der Waals surface area contributed by atoms with Gasteiger partial charge in [0.25, 0.3) is 11.8 Å². The maximum atomic E-state index is 13.4. The molecule has 2 heterocycles. The van der Waals surface area contributed by atoms with Gasteiger partial charge in [-0.1, -0.05) is 23.8 Å². The Morgan fingerprint density at radius 2 is 1.87 bits per heavy atom. The summed E-state index contributed by atoms with van der Waals surface area (Å²) < 4.78 is 7.01. The average Bonchev–Trinajstić information content (AvgIpc) is 2.74. The van der Waals surface area contributed by atoms with Crippen LogP contribution in [0.25, 0.3) is 0 Å². The highest BCUT2D eigenvalue weighted by atomic mass is 16.5. The average molecular weight is 402 g/mol. The minimum absolute atomic E-state index is 0.125. The number of aryl methyl sites for hydroxylation is 2. The van der Waals surface area contributed by atoms with Gasteiger partial charge >= 0.3 is 0 Å². The highest BCUT2D eigenvalue weighted by molar-refractivity contribution is 6.05. The summed E-state index contributed by atoms with van der Waals surface area (Å²) in [7, 11) is 1.59. The molecular formula is C24H24N3O3+. The smallest absolute Gasteiger partial charge is 0.294 e. The monoisotopic (exact) mass is 402 g/mol. The van der Waals surface area contributed by atoms with Gasteiger partial charge in [0.2, 0.25) is 18.3 Å². The summed E-state index contributed by atoms with van der Waals surface area (Å²) in [6.07, 6.45) is 1.83. The summed E-state index contributed by atoms with van der Waals surface area (Å²) in [4.78, 5) is 28.2. The van der Waals surface area contributed by atoms with Crippen molar-refractivity contribution in [2.24, 2.45) is 0 Å². The predicted octanol–water partition coefficient (Wildman–Crippen LogP) is 3.33. The molecule has 6 nitrogen and oxygen atoms in total. The van der Waals surface area contributed by atoms with E-state index in [1.807, 2.05) is 61.0 Å². The van der Waals surface area contributed by atoms with E-state index in [-0.39, 0.29) is 18.4 Å². The van der Waals surface area contributed by atoms with Crippen molar-refractivity contribution in [3.8, 4) is 5.75 Å². The van der Waals surface area contributed by atoms with Crippen LogP contribution < -0.4 is 19.5 Å². The van der Waals surface area contributed by atoms with Crippen molar-refractivity contribution in [1.82, 2.24) is 0 Å². The van der Waals surface area contributed by atoms with Gasteiger partial charge in [-0.05, 0) is 49.7 Å². The number of rotatable bonds is 4. The normalized spacial score (nSPS) is 15.5. The van der Waals surface area contributed by atoms with Crippen molar-refractivity contribution in [3.63, 3.8) is 0 Å². The molecular weight excluding hydrogens is 378 g/mol. The van der Waals surface area contributed by atoms with Crippen LogP contribution in [0.1, 0.15) is 22.9 Å². The van der Waals surface area contributed by atoms with Crippen molar-refractivity contribution in [3.05, 3.63) is 83.7 Å². The molecule has 0 spiro atoms. The quantitative estimate of drug-likeness (QED) is 0.681. The summed E-state index contributed by atoms with van der Waals surface area (Å²) in [6.45, 7) is 4.16. The Morgan fingerprint density at radius 1 is 1.10 bits per heavy atom. The molecule has 3 aromatic rings. The fourth-order valence-corrected chi connectivity index (χ4v) is 3.87. The van der Waals surface area contributed by atoms with Crippen molar-refractivity contribution in [2.45, 2.75) is 26.4 Å². The minimum Gasteiger partial charge on any atom is -0.497 e. The molecule has 30 heavy (non-hydrogen) atoms. The molecule has 1 aliphatic heterocycles. The van der Waals surface area contributed by atoms with Crippen molar-refractivity contribution in [2.75, 3.05) is 17.3 Å². The number of ether oxygens (including phenoxy) is 1. The molecule has 1 aromatic heterocycles. The van der Waals surface area contributed by atoms with E-state index >= 15 is 0 Å². The second-order valence-corrected chi connectivity index (χ2v) is 7.43. The summed E-state index contributed by atoms with van der Waals surface area (Å²) in [6, 6.07) is 17.9. The minimum atomic E-state index is -0.782. The first kappa shape index (κ1) is 19.6. The number of anilines is 2. The molecule has 0 bridgehead atoms. The van der Waals surface area contributed by atoms with Gasteiger partial charge in [-0.3, -0.25) is 14.5 Å². The first-order valence-corrected chi connectivity index (χ1v) is 9.80. The van der Waals surface area contributed by atoms with Gasteiger partial charge in [0, 0.05) is 23.5 Å². The van der Waals surface area contributed by atoms with Crippen LogP contribution in [0.15, 0.2) is 66.9 Å². The van der Waals surface area contributed by atoms with Gasteiger partial charge in [0.1, 0.15) is 5.75 Å². The van der Waals surface area contributed by atoms with E-state index in [4.69, 9.17) is 4.74 Å². The van der Waals surface area contributed by atoms with Crippen LogP contribution in [0, 0.1) is 13.8 Å². The van der Waals surface area contributed by atoms with E-state index in [1.54, 1.807) is 36.3 Å². The fourth-order valence-electron chi connectivity index (χ4n) is 3.87. The zero-order chi connectivity index (χ0) is 21.3. The Hall–Kier alpha value is -3.67. The number of hydrogen-bond donors (Lipinski definition) is 1. The summed E-state index contributed by atoms with van der Waals surface area (Å²) in [5, 5.41) is 2.95. The SMILES string of the molecule is COc1ccc(NC(=O)C2c3cccc[n+]3CC(=O)N2c2ccc(C)cc2C)cc1. The number of aromatic nitrogens is 1. The van der Waals surface area contributed by atoms with Crippen molar-refractivity contribution in [1.29, 1.82) is 0 Å². The molecule has 2 aromatic carbocycles. The van der Waals surface area contributed by atoms with Gasteiger partial charge in [0.05, 0.1) is 7.11 Å². The first-order valence-electron chi connectivity index (χ1n) is 9.80. The third-order valence-corrected chi connectivity index (χ3v) is 5.31. The number of benzene rings is 2. The van der Waals surface area contributed by atoms with Gasteiger partial charge < -0.3 is 10.1 Å². The number of carbonyl (C=O) groups excluding carboxylic acids is 2. The van der Waals surface area contributed by atoms with Gasteiger partial charge in [0.15, 0.2) is 6.20 Å². The molecule has 0 saturated carbocycles. The summed E-state index contributed by atoms with van der Waals surface area (Å²) in [5.74, 6) is 0.312. The second-order valence-electron chi connectivity index (χ2n) is 7.43. The second kappa shape index (κ2) is 7.99. The number of hydrogen-bond acceptors (Lipinski definition) is 3. The van der Waals surface area contributed by atoms with Crippen LogP contribution in [0.2, 0.25) is 0 Å². The molecule has 1 atom stereocenters.